The predicted molar refractivity (Wildman–Crippen MR) is 54.7 cm³/mol. The number of benzene rings is 1. The number of rotatable bonds is 1. The monoisotopic (exact) mass is 190 g/mol. The summed E-state index contributed by atoms with van der Waals surface area (Å²) in [6.07, 6.45) is 0.522. The van der Waals surface area contributed by atoms with E-state index in [0.717, 1.165) is 11.3 Å². The Morgan fingerprint density at radius 3 is 2.86 bits per heavy atom. The Hall–Kier alpha value is -1.31. The largest absolute Gasteiger partial charge is 0.486 e. The van der Waals surface area contributed by atoms with Crippen molar-refractivity contribution in [1.29, 1.82) is 0 Å². The summed E-state index contributed by atoms with van der Waals surface area (Å²) in [6, 6.07) is 6.12. The molecule has 1 aromatic rings. The van der Waals surface area contributed by atoms with E-state index in [0.29, 0.717) is 12.3 Å². The molecule has 1 aliphatic heterocycles. The van der Waals surface area contributed by atoms with Gasteiger partial charge in [0.25, 0.3) is 0 Å². The van der Waals surface area contributed by atoms with Gasteiger partial charge in [-0.2, -0.15) is 0 Å². The second-order valence-corrected chi connectivity index (χ2v) is 4.03. The van der Waals surface area contributed by atoms with E-state index in [2.05, 4.69) is 19.9 Å². The summed E-state index contributed by atoms with van der Waals surface area (Å²) in [5.74, 6) is 1.55. The summed E-state index contributed by atoms with van der Waals surface area (Å²) in [4.78, 5) is 11.1. The molecule has 0 amide bonds. The Labute approximate surface area is 83.9 Å². The minimum absolute atomic E-state index is 0.162. The minimum Gasteiger partial charge on any atom is -0.486 e. The molecule has 0 saturated heterocycles. The molecule has 0 radical (unpaired) electrons. The maximum Gasteiger partial charge on any atom is 0.174 e. The van der Waals surface area contributed by atoms with Crippen molar-refractivity contribution in [2.45, 2.75) is 26.2 Å². The molecule has 14 heavy (non-hydrogen) atoms. The van der Waals surface area contributed by atoms with Crippen LogP contribution < -0.4 is 4.74 Å². The molecule has 2 nitrogen and oxygen atoms in total. The number of ketones is 1. The van der Waals surface area contributed by atoms with Crippen LogP contribution in [0.25, 0.3) is 0 Å². The van der Waals surface area contributed by atoms with E-state index in [-0.39, 0.29) is 12.4 Å². The summed E-state index contributed by atoms with van der Waals surface area (Å²) in [6.45, 7) is 4.53. The fourth-order valence-electron chi connectivity index (χ4n) is 1.63. The second kappa shape index (κ2) is 3.45. The standard InChI is InChI=1S/C12H14O2/c1-8(2)9-3-4-10-5-11(13)7-14-12(10)6-9/h3-4,6,8H,5,7H2,1-2H3. The van der Waals surface area contributed by atoms with E-state index in [1.807, 2.05) is 12.1 Å². The van der Waals surface area contributed by atoms with Gasteiger partial charge in [0.15, 0.2) is 5.78 Å². The third-order valence-corrected chi connectivity index (χ3v) is 2.53. The molecule has 0 aliphatic carbocycles. The third-order valence-electron chi connectivity index (χ3n) is 2.53. The number of ether oxygens (including phenoxy) is 1. The molecular weight excluding hydrogens is 176 g/mol. The fraction of sp³-hybridized carbons (Fsp3) is 0.417. The second-order valence-electron chi connectivity index (χ2n) is 4.03. The van der Waals surface area contributed by atoms with Crippen LogP contribution in [0.5, 0.6) is 5.75 Å². The smallest absolute Gasteiger partial charge is 0.174 e. The lowest BCUT2D eigenvalue weighted by atomic mass is 9.98. The van der Waals surface area contributed by atoms with Gasteiger partial charge in [0.1, 0.15) is 12.4 Å². The van der Waals surface area contributed by atoms with Crippen LogP contribution >= 0.6 is 0 Å². The van der Waals surface area contributed by atoms with Gasteiger partial charge in [-0.05, 0) is 17.5 Å². The zero-order valence-corrected chi connectivity index (χ0v) is 8.54. The van der Waals surface area contributed by atoms with Crippen LogP contribution in [0.1, 0.15) is 30.9 Å². The lowest BCUT2D eigenvalue weighted by molar-refractivity contribution is -0.121. The first-order chi connectivity index (χ1) is 6.66. The molecule has 0 bridgehead atoms. The molecule has 0 spiro atoms. The van der Waals surface area contributed by atoms with Crippen molar-refractivity contribution in [2.75, 3.05) is 6.61 Å². The van der Waals surface area contributed by atoms with Crippen LogP contribution in [0.15, 0.2) is 18.2 Å². The molecule has 0 atom stereocenters. The molecule has 0 unspecified atom stereocenters. The number of fused-ring (bicyclic) bond motifs is 1. The molecular formula is C12H14O2. The van der Waals surface area contributed by atoms with E-state index in [1.54, 1.807) is 0 Å². The highest BCUT2D eigenvalue weighted by Gasteiger charge is 2.17. The zero-order chi connectivity index (χ0) is 10.1. The van der Waals surface area contributed by atoms with E-state index in [4.69, 9.17) is 4.74 Å². The summed E-state index contributed by atoms with van der Waals surface area (Å²) in [5, 5.41) is 0. The molecule has 74 valence electrons. The highest BCUT2D eigenvalue weighted by atomic mass is 16.5. The molecule has 1 aromatic carbocycles. The van der Waals surface area contributed by atoms with Crippen molar-refractivity contribution < 1.29 is 9.53 Å². The number of hydrogen-bond donors (Lipinski definition) is 0. The van der Waals surface area contributed by atoms with Gasteiger partial charge in [0.05, 0.1) is 0 Å². The maximum absolute atomic E-state index is 11.1. The van der Waals surface area contributed by atoms with Gasteiger partial charge in [-0.3, -0.25) is 4.79 Å². The topological polar surface area (TPSA) is 26.3 Å². The van der Waals surface area contributed by atoms with Gasteiger partial charge in [-0.15, -0.1) is 0 Å². The van der Waals surface area contributed by atoms with Crippen molar-refractivity contribution in [3.63, 3.8) is 0 Å². The summed E-state index contributed by atoms with van der Waals surface area (Å²) < 4.78 is 5.38. The summed E-state index contributed by atoms with van der Waals surface area (Å²) in [5.41, 5.74) is 2.28. The van der Waals surface area contributed by atoms with E-state index in [1.165, 1.54) is 5.56 Å². The van der Waals surface area contributed by atoms with Crippen LogP contribution in [0, 0.1) is 0 Å². The SMILES string of the molecule is CC(C)c1ccc2c(c1)OCC(=O)C2. The molecule has 0 aromatic heterocycles. The van der Waals surface area contributed by atoms with Crippen LogP contribution in [-0.4, -0.2) is 12.4 Å². The number of Topliss-reactive ketones (excluding diaryl/α,β-unsaturated/α-hetero) is 1. The number of carbonyl (C=O) groups excluding carboxylic acids is 1. The quantitative estimate of drug-likeness (QED) is 0.679. The van der Waals surface area contributed by atoms with Crippen molar-refractivity contribution in [3.8, 4) is 5.75 Å². The van der Waals surface area contributed by atoms with Gasteiger partial charge in [-0.1, -0.05) is 26.0 Å². The molecule has 1 heterocycles. The Kier molecular flexibility index (Phi) is 2.28. The highest BCUT2D eigenvalue weighted by molar-refractivity contribution is 5.84. The molecule has 1 aliphatic rings. The summed E-state index contributed by atoms with van der Waals surface area (Å²) >= 11 is 0. The fourth-order valence-corrected chi connectivity index (χ4v) is 1.63. The highest BCUT2D eigenvalue weighted by Crippen LogP contribution is 2.27. The average Bonchev–Trinajstić information content (AvgIpc) is 2.16. The Balaban J connectivity index is 2.36. The van der Waals surface area contributed by atoms with Gasteiger partial charge in [-0.25, -0.2) is 0 Å². The maximum atomic E-state index is 11.1. The molecule has 2 heteroatoms. The van der Waals surface area contributed by atoms with Crippen molar-refractivity contribution >= 4 is 5.78 Å². The minimum atomic E-state index is 0.162. The van der Waals surface area contributed by atoms with Gasteiger partial charge < -0.3 is 4.74 Å². The normalized spacial score (nSPS) is 15.2. The first-order valence-electron chi connectivity index (χ1n) is 4.94. The lowest BCUT2D eigenvalue weighted by Gasteiger charge is -2.18. The van der Waals surface area contributed by atoms with Crippen molar-refractivity contribution in [1.82, 2.24) is 0 Å². The Morgan fingerprint density at radius 2 is 2.14 bits per heavy atom. The molecule has 0 N–H and O–H groups in total. The van der Waals surface area contributed by atoms with Crippen LogP contribution in [0.3, 0.4) is 0 Å². The lowest BCUT2D eigenvalue weighted by Crippen LogP contribution is -2.20. The van der Waals surface area contributed by atoms with Gasteiger partial charge in [0.2, 0.25) is 0 Å². The van der Waals surface area contributed by atoms with Crippen LogP contribution in [0.4, 0.5) is 0 Å². The Bertz CT molecular complexity index is 367. The Morgan fingerprint density at radius 1 is 1.36 bits per heavy atom. The van der Waals surface area contributed by atoms with Gasteiger partial charge >= 0.3 is 0 Å². The molecule has 0 fully saturated rings. The first kappa shape index (κ1) is 9.25. The van der Waals surface area contributed by atoms with E-state index < -0.39 is 0 Å². The predicted octanol–water partition coefficient (Wildman–Crippen LogP) is 2.31. The van der Waals surface area contributed by atoms with Crippen LogP contribution in [0.2, 0.25) is 0 Å². The van der Waals surface area contributed by atoms with Gasteiger partial charge in [0, 0.05) is 12.0 Å². The van der Waals surface area contributed by atoms with Crippen molar-refractivity contribution in [3.05, 3.63) is 29.3 Å². The third kappa shape index (κ3) is 1.65. The molecule has 2 rings (SSSR count). The molecule has 0 saturated carbocycles. The van der Waals surface area contributed by atoms with E-state index >= 15 is 0 Å². The number of hydrogen-bond acceptors (Lipinski definition) is 2. The summed E-state index contributed by atoms with van der Waals surface area (Å²) in [7, 11) is 0. The van der Waals surface area contributed by atoms with Crippen LogP contribution in [-0.2, 0) is 11.2 Å². The van der Waals surface area contributed by atoms with E-state index in [9.17, 15) is 4.79 Å². The van der Waals surface area contributed by atoms with Crippen molar-refractivity contribution in [2.24, 2.45) is 0 Å². The zero-order valence-electron chi connectivity index (χ0n) is 8.54. The average molecular weight is 190 g/mol. The number of carbonyl (C=O) groups is 1. The first-order valence-corrected chi connectivity index (χ1v) is 4.94.